The Hall–Kier alpha value is -3.19. The number of carbonyl (C=O) groups is 1. The van der Waals surface area contributed by atoms with Crippen molar-refractivity contribution in [3.8, 4) is 11.5 Å². The Morgan fingerprint density at radius 3 is 2.66 bits per heavy atom. The average Bonchev–Trinajstić information content (AvgIpc) is 3.24. The van der Waals surface area contributed by atoms with Crippen LogP contribution in [0.1, 0.15) is 38.7 Å². The van der Waals surface area contributed by atoms with Crippen LogP contribution >= 0.6 is 0 Å². The van der Waals surface area contributed by atoms with Crippen LogP contribution in [0.15, 0.2) is 48.7 Å². The molecule has 35 heavy (non-hydrogen) atoms. The number of urea groups is 1. The van der Waals surface area contributed by atoms with E-state index in [1.807, 2.05) is 24.3 Å². The van der Waals surface area contributed by atoms with E-state index in [2.05, 4.69) is 72.4 Å². The average molecular weight is 481 g/mol. The molecule has 3 aromatic rings. The molecule has 0 bridgehead atoms. The van der Waals surface area contributed by atoms with Crippen molar-refractivity contribution in [2.75, 3.05) is 39.7 Å². The molecule has 0 fully saturated rings. The van der Waals surface area contributed by atoms with Crippen LogP contribution in [0.25, 0.3) is 10.9 Å². The number of anilines is 1. The van der Waals surface area contributed by atoms with Crippen molar-refractivity contribution in [3.05, 3.63) is 54.2 Å². The topological polar surface area (TPSA) is 67.8 Å². The smallest absolute Gasteiger partial charge is 0.319 e. The van der Waals surface area contributed by atoms with Crippen LogP contribution in [0.2, 0.25) is 0 Å². The molecule has 190 valence electrons. The molecule has 7 heteroatoms. The fraction of sp³-hybridized carbons (Fsp3) is 0.464. The first kappa shape index (κ1) is 26.4. The van der Waals surface area contributed by atoms with Crippen molar-refractivity contribution in [3.63, 3.8) is 0 Å². The fourth-order valence-electron chi connectivity index (χ4n) is 4.09. The highest BCUT2D eigenvalue weighted by molar-refractivity contribution is 5.90. The van der Waals surface area contributed by atoms with E-state index >= 15 is 0 Å². The van der Waals surface area contributed by atoms with Gasteiger partial charge in [0.25, 0.3) is 0 Å². The zero-order valence-corrected chi connectivity index (χ0v) is 21.8. The van der Waals surface area contributed by atoms with Gasteiger partial charge in [0.05, 0.1) is 13.7 Å². The summed E-state index contributed by atoms with van der Waals surface area (Å²) in [6.07, 6.45) is 5.30. The molecule has 0 unspecified atom stereocenters. The molecule has 0 aliphatic carbocycles. The third-order valence-electron chi connectivity index (χ3n) is 5.95. The first-order valence-electron chi connectivity index (χ1n) is 12.4. The Kier molecular flexibility index (Phi) is 9.85. The Labute approximate surface area is 209 Å². The van der Waals surface area contributed by atoms with Gasteiger partial charge < -0.3 is 29.6 Å². The molecule has 0 spiro atoms. The molecule has 0 aliphatic rings. The summed E-state index contributed by atoms with van der Waals surface area (Å²) in [5.41, 5.74) is 2.94. The van der Waals surface area contributed by atoms with E-state index in [1.54, 1.807) is 7.11 Å². The quantitative estimate of drug-likeness (QED) is 0.306. The van der Waals surface area contributed by atoms with Crippen LogP contribution in [-0.4, -0.2) is 49.9 Å². The number of aromatic nitrogens is 1. The van der Waals surface area contributed by atoms with Crippen molar-refractivity contribution >= 4 is 22.6 Å². The van der Waals surface area contributed by atoms with Gasteiger partial charge in [-0.15, -0.1) is 0 Å². The second-order valence-corrected chi connectivity index (χ2v) is 9.57. The van der Waals surface area contributed by atoms with Crippen LogP contribution in [0.3, 0.4) is 0 Å². The van der Waals surface area contributed by atoms with Gasteiger partial charge in [-0.1, -0.05) is 26.0 Å². The minimum atomic E-state index is -0.261. The number of nitrogens with one attached hydrogen (secondary N) is 2. The predicted molar refractivity (Wildman–Crippen MR) is 144 cm³/mol. The maximum Gasteiger partial charge on any atom is 0.319 e. The molecule has 7 nitrogen and oxygen atoms in total. The van der Waals surface area contributed by atoms with E-state index in [-0.39, 0.29) is 6.03 Å². The number of amides is 2. The Balaban J connectivity index is 1.58. The molecule has 2 amide bonds. The summed E-state index contributed by atoms with van der Waals surface area (Å²) in [5.74, 6) is 1.93. The molecule has 1 aromatic heterocycles. The van der Waals surface area contributed by atoms with Crippen LogP contribution in [-0.2, 0) is 13.1 Å². The number of ether oxygens (including phenoxy) is 2. The lowest BCUT2D eigenvalue weighted by molar-refractivity contribution is 0.251. The van der Waals surface area contributed by atoms with Gasteiger partial charge in [0, 0.05) is 41.9 Å². The van der Waals surface area contributed by atoms with Gasteiger partial charge in [-0.05, 0) is 75.6 Å². The monoisotopic (exact) mass is 480 g/mol. The molecule has 2 aromatic carbocycles. The Morgan fingerprint density at radius 1 is 1.09 bits per heavy atom. The summed E-state index contributed by atoms with van der Waals surface area (Å²) < 4.78 is 13.6. The second kappa shape index (κ2) is 13.0. The largest absolute Gasteiger partial charge is 0.493 e. The van der Waals surface area contributed by atoms with Gasteiger partial charge in [-0.3, -0.25) is 0 Å². The van der Waals surface area contributed by atoms with E-state index in [4.69, 9.17) is 9.47 Å². The third-order valence-corrected chi connectivity index (χ3v) is 5.95. The summed E-state index contributed by atoms with van der Waals surface area (Å²) in [6, 6.07) is 13.5. The first-order valence-corrected chi connectivity index (χ1v) is 12.4. The number of aryl methyl sites for hydroxylation is 1. The number of hydrogen-bond donors (Lipinski definition) is 2. The van der Waals surface area contributed by atoms with E-state index in [1.165, 1.54) is 10.9 Å². The molecular weight excluding hydrogens is 440 g/mol. The van der Waals surface area contributed by atoms with Gasteiger partial charge in [-0.2, -0.15) is 0 Å². The zero-order valence-electron chi connectivity index (χ0n) is 21.8. The number of methoxy groups -OCH3 is 1. The van der Waals surface area contributed by atoms with Crippen molar-refractivity contribution in [1.29, 1.82) is 0 Å². The van der Waals surface area contributed by atoms with Gasteiger partial charge in [0.1, 0.15) is 0 Å². The van der Waals surface area contributed by atoms with E-state index in [0.717, 1.165) is 37.9 Å². The molecule has 2 N–H and O–H groups in total. The van der Waals surface area contributed by atoms with Gasteiger partial charge in [0.15, 0.2) is 11.5 Å². The minimum absolute atomic E-state index is 0.261. The normalized spacial score (nSPS) is 11.3. The van der Waals surface area contributed by atoms with Gasteiger partial charge >= 0.3 is 6.03 Å². The molecule has 0 radical (unpaired) electrons. The summed E-state index contributed by atoms with van der Waals surface area (Å²) in [5, 5.41) is 7.06. The summed E-state index contributed by atoms with van der Waals surface area (Å²) >= 11 is 0. The van der Waals surface area contributed by atoms with E-state index in [0.29, 0.717) is 36.3 Å². The highest BCUT2D eigenvalue weighted by Gasteiger charge is 2.10. The van der Waals surface area contributed by atoms with E-state index < -0.39 is 0 Å². The molecule has 3 rings (SSSR count). The molecule has 0 atom stereocenters. The lowest BCUT2D eigenvalue weighted by Gasteiger charge is -2.14. The minimum Gasteiger partial charge on any atom is -0.493 e. The lowest BCUT2D eigenvalue weighted by atomic mass is 10.1. The van der Waals surface area contributed by atoms with Crippen molar-refractivity contribution in [2.24, 2.45) is 5.92 Å². The van der Waals surface area contributed by atoms with Crippen LogP contribution in [0.5, 0.6) is 11.5 Å². The number of hydrogen-bond acceptors (Lipinski definition) is 4. The maximum atomic E-state index is 12.6. The van der Waals surface area contributed by atoms with Crippen LogP contribution in [0, 0.1) is 5.92 Å². The first-order chi connectivity index (χ1) is 16.9. The van der Waals surface area contributed by atoms with Crippen molar-refractivity contribution < 1.29 is 14.3 Å². The SMILES string of the molecule is COc1ccc(NC(=O)NCc2cccc3c2ccn3CCCN(C)C)cc1OCCCC(C)C. The van der Waals surface area contributed by atoms with Crippen LogP contribution < -0.4 is 20.1 Å². The van der Waals surface area contributed by atoms with Crippen molar-refractivity contribution in [2.45, 2.75) is 46.2 Å². The molecule has 0 aliphatic heterocycles. The number of benzene rings is 2. The maximum absolute atomic E-state index is 12.6. The number of carbonyl (C=O) groups excluding carboxylic acids is 1. The van der Waals surface area contributed by atoms with Crippen molar-refractivity contribution in [1.82, 2.24) is 14.8 Å². The van der Waals surface area contributed by atoms with Gasteiger partial charge in [0.2, 0.25) is 0 Å². The number of rotatable bonds is 13. The highest BCUT2D eigenvalue weighted by Crippen LogP contribution is 2.30. The predicted octanol–water partition coefficient (Wildman–Crippen LogP) is 5.74. The molecular formula is C28H40N4O3. The fourth-order valence-corrected chi connectivity index (χ4v) is 4.09. The number of nitrogens with zero attached hydrogens (tertiary/aromatic N) is 2. The number of fused-ring (bicyclic) bond motifs is 1. The molecule has 0 saturated heterocycles. The Bertz CT molecular complexity index is 1090. The molecule has 0 saturated carbocycles. The van der Waals surface area contributed by atoms with Crippen LogP contribution in [0.4, 0.5) is 10.5 Å². The molecule has 1 heterocycles. The second-order valence-electron chi connectivity index (χ2n) is 9.57. The highest BCUT2D eigenvalue weighted by atomic mass is 16.5. The Morgan fingerprint density at radius 2 is 1.91 bits per heavy atom. The summed E-state index contributed by atoms with van der Waals surface area (Å²) in [4.78, 5) is 14.8. The zero-order chi connectivity index (χ0) is 25.2. The standard InChI is InChI=1S/C28H40N4O3/c1-21(2)9-7-18-35-27-19-23(12-13-26(27)34-5)30-28(33)29-20-22-10-6-11-25-24(22)14-17-32(25)16-8-15-31(3)4/h6,10-14,17,19,21H,7-9,15-16,18,20H2,1-5H3,(H2,29,30,33). The van der Waals surface area contributed by atoms with Gasteiger partial charge in [-0.25, -0.2) is 4.79 Å². The summed E-state index contributed by atoms with van der Waals surface area (Å²) in [6.45, 7) is 7.48. The summed E-state index contributed by atoms with van der Waals surface area (Å²) in [7, 11) is 5.80. The third kappa shape index (κ3) is 7.92. The lowest BCUT2D eigenvalue weighted by Crippen LogP contribution is -2.28. The van der Waals surface area contributed by atoms with E-state index in [9.17, 15) is 4.79 Å².